The van der Waals surface area contributed by atoms with Gasteiger partial charge in [-0.05, 0) is 24.6 Å². The van der Waals surface area contributed by atoms with Gasteiger partial charge in [-0.3, -0.25) is 14.5 Å². The summed E-state index contributed by atoms with van der Waals surface area (Å²) in [6.07, 6.45) is 1.76. The van der Waals surface area contributed by atoms with E-state index in [1.807, 2.05) is 36.4 Å². The Morgan fingerprint density at radius 3 is 2.57 bits per heavy atom. The van der Waals surface area contributed by atoms with Gasteiger partial charge in [0.25, 0.3) is 5.91 Å². The Morgan fingerprint density at radius 1 is 1.13 bits per heavy atom. The van der Waals surface area contributed by atoms with Crippen LogP contribution in [0.1, 0.15) is 23.2 Å². The molecule has 7 heteroatoms. The molecule has 1 N–H and O–H groups in total. The molecule has 3 aromatic rings. The van der Waals surface area contributed by atoms with Gasteiger partial charge in [-0.25, -0.2) is 0 Å². The summed E-state index contributed by atoms with van der Waals surface area (Å²) >= 11 is 6.54. The molecule has 1 aliphatic rings. The number of hydrogen-bond acceptors (Lipinski definition) is 4. The van der Waals surface area contributed by atoms with E-state index in [1.54, 1.807) is 0 Å². The van der Waals surface area contributed by atoms with Crippen molar-refractivity contribution < 1.29 is 14.7 Å². The van der Waals surface area contributed by atoms with Crippen LogP contribution in [0.5, 0.6) is 0 Å². The number of para-hydroxylation sites is 1. The Labute approximate surface area is 184 Å². The van der Waals surface area contributed by atoms with E-state index in [9.17, 15) is 9.59 Å². The number of carbonyl (C=O) groups is 2. The Balaban J connectivity index is 1.73. The van der Waals surface area contributed by atoms with Gasteiger partial charge in [0.15, 0.2) is 0 Å². The summed E-state index contributed by atoms with van der Waals surface area (Å²) in [6.45, 7) is 2.88. The highest BCUT2D eigenvalue weighted by Gasteiger charge is 2.32. The quantitative estimate of drug-likeness (QED) is 0.449. The van der Waals surface area contributed by atoms with Crippen LogP contribution in [0, 0.1) is 6.92 Å². The zero-order chi connectivity index (χ0) is 21.3. The Bertz CT molecular complexity index is 1180. The van der Waals surface area contributed by atoms with Crippen LogP contribution in [0.3, 0.4) is 0 Å². The number of nitrogens with zero attached hydrogens (tertiary/aromatic N) is 2. The molecule has 0 saturated carbocycles. The molecule has 0 radical (unpaired) electrons. The van der Waals surface area contributed by atoms with Crippen molar-refractivity contribution in [1.82, 2.24) is 9.47 Å². The number of aromatic nitrogens is 1. The number of hydrogen-bond donors (Lipinski definition) is 1. The van der Waals surface area contributed by atoms with E-state index in [0.29, 0.717) is 9.23 Å². The van der Waals surface area contributed by atoms with Crippen molar-refractivity contribution in [1.29, 1.82) is 0 Å². The van der Waals surface area contributed by atoms with Gasteiger partial charge in [0, 0.05) is 35.2 Å². The van der Waals surface area contributed by atoms with E-state index < -0.39 is 5.97 Å². The van der Waals surface area contributed by atoms with Crippen molar-refractivity contribution in [2.75, 3.05) is 6.54 Å². The molecular weight excluding hydrogens is 416 g/mol. The molecule has 1 saturated heterocycles. The minimum Gasteiger partial charge on any atom is -0.481 e. The van der Waals surface area contributed by atoms with Crippen LogP contribution in [-0.2, 0) is 16.1 Å². The average Bonchev–Trinajstić information content (AvgIpc) is 3.15. The summed E-state index contributed by atoms with van der Waals surface area (Å²) in [5, 5.41) is 9.99. The fraction of sp³-hybridized carbons (Fsp3) is 0.174. The molecule has 4 rings (SSSR count). The van der Waals surface area contributed by atoms with Crippen LogP contribution < -0.4 is 0 Å². The number of aliphatic carboxylic acids is 1. The maximum atomic E-state index is 12.8. The fourth-order valence-electron chi connectivity index (χ4n) is 3.64. The topological polar surface area (TPSA) is 62.5 Å². The zero-order valence-corrected chi connectivity index (χ0v) is 18.0. The second kappa shape index (κ2) is 8.45. The molecule has 5 nitrogen and oxygen atoms in total. The highest BCUT2D eigenvalue weighted by atomic mass is 32.2. The lowest BCUT2D eigenvalue weighted by Gasteiger charge is -2.12. The lowest BCUT2D eigenvalue weighted by atomic mass is 10.1. The van der Waals surface area contributed by atoms with Gasteiger partial charge in [-0.1, -0.05) is 72.5 Å². The van der Waals surface area contributed by atoms with Crippen molar-refractivity contribution >= 4 is 57.2 Å². The third kappa shape index (κ3) is 3.91. The van der Waals surface area contributed by atoms with Crippen LogP contribution in [0.25, 0.3) is 17.0 Å². The molecule has 1 amide bonds. The summed E-state index contributed by atoms with van der Waals surface area (Å²) in [5.74, 6) is -1.18. The van der Waals surface area contributed by atoms with Crippen LogP contribution in [0.2, 0.25) is 0 Å². The van der Waals surface area contributed by atoms with Gasteiger partial charge >= 0.3 is 5.97 Å². The number of thioether (sulfide) groups is 1. The van der Waals surface area contributed by atoms with Gasteiger partial charge in [-0.15, -0.1) is 0 Å². The van der Waals surface area contributed by atoms with Gasteiger partial charge in [0.1, 0.15) is 4.32 Å². The first-order valence-electron chi connectivity index (χ1n) is 9.54. The maximum absolute atomic E-state index is 12.8. The normalized spacial score (nSPS) is 15.5. The predicted octanol–water partition coefficient (Wildman–Crippen LogP) is 4.67. The second-order valence-corrected chi connectivity index (χ2v) is 8.74. The first-order chi connectivity index (χ1) is 14.5. The minimum absolute atomic E-state index is 0.0894. The summed E-state index contributed by atoms with van der Waals surface area (Å²) in [5.41, 5.74) is 4.36. The monoisotopic (exact) mass is 436 g/mol. The van der Waals surface area contributed by atoms with Crippen molar-refractivity contribution in [2.24, 2.45) is 0 Å². The molecule has 0 aliphatic carbocycles. The van der Waals surface area contributed by atoms with Gasteiger partial charge in [-0.2, -0.15) is 0 Å². The zero-order valence-electron chi connectivity index (χ0n) is 16.4. The number of amides is 1. The molecule has 1 aliphatic heterocycles. The molecular formula is C23H20N2O3S2. The van der Waals surface area contributed by atoms with Crippen molar-refractivity contribution in [3.05, 3.63) is 76.3 Å². The molecule has 2 aromatic carbocycles. The van der Waals surface area contributed by atoms with Crippen LogP contribution in [0.15, 0.2) is 59.5 Å². The summed E-state index contributed by atoms with van der Waals surface area (Å²) < 4.78 is 2.65. The first-order valence-corrected chi connectivity index (χ1v) is 10.8. The maximum Gasteiger partial charge on any atom is 0.305 e. The van der Waals surface area contributed by atoms with E-state index in [0.717, 1.165) is 28.7 Å². The predicted molar refractivity (Wildman–Crippen MR) is 124 cm³/mol. The van der Waals surface area contributed by atoms with Gasteiger partial charge in [0.05, 0.1) is 11.3 Å². The van der Waals surface area contributed by atoms with Gasteiger partial charge in [0.2, 0.25) is 0 Å². The number of carboxylic acid groups (broad SMARTS) is 1. The van der Waals surface area contributed by atoms with Crippen molar-refractivity contribution in [3.63, 3.8) is 0 Å². The number of benzene rings is 2. The van der Waals surface area contributed by atoms with E-state index in [4.69, 9.17) is 17.3 Å². The molecule has 1 fully saturated rings. The molecule has 2 heterocycles. The molecule has 0 unspecified atom stereocenters. The number of carbonyl (C=O) groups excluding carboxylic acids is 1. The highest BCUT2D eigenvalue weighted by Crippen LogP contribution is 2.36. The third-order valence-corrected chi connectivity index (χ3v) is 6.54. The van der Waals surface area contributed by atoms with E-state index in [-0.39, 0.29) is 18.9 Å². The summed E-state index contributed by atoms with van der Waals surface area (Å²) in [7, 11) is 0. The fourth-order valence-corrected chi connectivity index (χ4v) is 4.93. The Morgan fingerprint density at radius 2 is 1.83 bits per heavy atom. The number of carboxylic acids is 1. The minimum atomic E-state index is -0.951. The van der Waals surface area contributed by atoms with E-state index in [1.165, 1.54) is 22.2 Å². The molecule has 1 aromatic heterocycles. The van der Waals surface area contributed by atoms with Gasteiger partial charge < -0.3 is 9.67 Å². The largest absolute Gasteiger partial charge is 0.481 e. The second-order valence-electron chi connectivity index (χ2n) is 7.07. The molecule has 0 bridgehead atoms. The van der Waals surface area contributed by atoms with Crippen LogP contribution in [-0.4, -0.2) is 37.3 Å². The molecule has 0 atom stereocenters. The van der Waals surface area contributed by atoms with Crippen molar-refractivity contribution in [2.45, 2.75) is 19.9 Å². The number of fused-ring (bicyclic) bond motifs is 1. The third-order valence-electron chi connectivity index (χ3n) is 5.16. The van der Waals surface area contributed by atoms with Crippen LogP contribution >= 0.6 is 24.0 Å². The summed E-state index contributed by atoms with van der Waals surface area (Å²) in [4.78, 5) is 25.6. The van der Waals surface area contributed by atoms with E-state index in [2.05, 4.69) is 35.8 Å². The SMILES string of the molecule is Cc1c(/C=C2/SC(=S)N(CCC(=O)O)C2=O)c2ccccc2n1Cc1ccccc1. The molecule has 0 spiro atoms. The Kier molecular flexibility index (Phi) is 5.74. The lowest BCUT2D eigenvalue weighted by Crippen LogP contribution is -2.30. The number of rotatable bonds is 6. The first kappa shape index (κ1) is 20.4. The lowest BCUT2D eigenvalue weighted by molar-refractivity contribution is -0.137. The Hall–Kier alpha value is -2.90. The number of thiocarbonyl (C=S) groups is 1. The standard InChI is InChI=1S/C23H20N2O3S2/c1-15-18(13-20-22(28)24(23(29)30-20)12-11-21(26)27)17-9-5-6-10-19(17)25(15)14-16-7-3-2-4-8-16/h2-10,13H,11-12,14H2,1H3,(H,26,27)/b20-13+. The molecule has 30 heavy (non-hydrogen) atoms. The smallest absolute Gasteiger partial charge is 0.305 e. The van der Waals surface area contributed by atoms with Crippen molar-refractivity contribution in [3.8, 4) is 0 Å². The summed E-state index contributed by atoms with van der Waals surface area (Å²) in [6, 6.07) is 18.4. The molecule has 152 valence electrons. The van der Waals surface area contributed by atoms with E-state index >= 15 is 0 Å². The highest BCUT2D eigenvalue weighted by molar-refractivity contribution is 8.26. The average molecular weight is 437 g/mol. The van der Waals surface area contributed by atoms with Crippen LogP contribution in [0.4, 0.5) is 0 Å².